The fourth-order valence-corrected chi connectivity index (χ4v) is 6.40. The standard InChI is InChI=1S/C29H32N6O4/c1-16(19-12-25(37)30-14-19)39-27-26-24(31-15-35(26)20-4-5-20)13-22(32-27)18-3-6-21-23(11-18)33-28(38)29(21)7-9-34(10-8-29)17(2)36/h3,6,11,13,15-16,19-20H,4-5,7-10,12,14H2,1-2H3,(H,30,37)(H,33,38)/t16-,19-/m1/s1. The smallest absolute Gasteiger partial charge is 0.241 e. The average Bonchev–Trinajstić information content (AvgIpc) is 3.42. The van der Waals surface area contributed by atoms with Gasteiger partial charge in [0.15, 0.2) is 0 Å². The molecule has 4 aliphatic rings. The lowest BCUT2D eigenvalue weighted by atomic mass is 9.73. The van der Waals surface area contributed by atoms with E-state index in [1.165, 1.54) is 0 Å². The molecule has 202 valence electrons. The number of rotatable bonds is 5. The van der Waals surface area contributed by atoms with E-state index in [2.05, 4.69) is 15.2 Å². The molecule has 2 atom stereocenters. The molecule has 0 unspecified atom stereocenters. The highest BCUT2D eigenvalue weighted by molar-refractivity contribution is 6.07. The number of piperidine rings is 1. The van der Waals surface area contributed by atoms with Gasteiger partial charge in [-0.05, 0) is 50.3 Å². The van der Waals surface area contributed by atoms with Gasteiger partial charge in [-0.25, -0.2) is 9.97 Å². The molecule has 1 aromatic carbocycles. The molecule has 3 aliphatic heterocycles. The minimum Gasteiger partial charge on any atom is -0.473 e. The maximum atomic E-state index is 13.2. The largest absolute Gasteiger partial charge is 0.473 e. The zero-order valence-electron chi connectivity index (χ0n) is 22.2. The van der Waals surface area contributed by atoms with Gasteiger partial charge < -0.3 is 24.8 Å². The number of ether oxygens (including phenoxy) is 1. The molecule has 39 heavy (non-hydrogen) atoms. The number of likely N-dealkylation sites (tertiary alicyclic amines) is 1. The van der Waals surface area contributed by atoms with Crippen LogP contribution in [0.25, 0.3) is 22.3 Å². The van der Waals surface area contributed by atoms with E-state index in [1.807, 2.05) is 42.4 Å². The van der Waals surface area contributed by atoms with E-state index >= 15 is 0 Å². The molecule has 1 spiro atoms. The van der Waals surface area contributed by atoms with Crippen LogP contribution in [0, 0.1) is 5.92 Å². The summed E-state index contributed by atoms with van der Waals surface area (Å²) >= 11 is 0. The Balaban J connectivity index is 1.24. The minimum atomic E-state index is -0.601. The van der Waals surface area contributed by atoms with Crippen LogP contribution in [-0.4, -0.2) is 62.9 Å². The van der Waals surface area contributed by atoms with Crippen molar-refractivity contribution in [1.82, 2.24) is 24.8 Å². The third-order valence-corrected chi connectivity index (χ3v) is 9.01. The Labute approximate surface area is 226 Å². The van der Waals surface area contributed by atoms with E-state index in [1.54, 1.807) is 6.92 Å². The summed E-state index contributed by atoms with van der Waals surface area (Å²) in [5.74, 6) is 0.706. The van der Waals surface area contributed by atoms with Gasteiger partial charge in [0, 0.05) is 56.2 Å². The first-order valence-electron chi connectivity index (χ1n) is 13.9. The number of aromatic nitrogens is 3. The predicted molar refractivity (Wildman–Crippen MR) is 144 cm³/mol. The topological polar surface area (TPSA) is 118 Å². The van der Waals surface area contributed by atoms with Gasteiger partial charge in [0.2, 0.25) is 23.6 Å². The van der Waals surface area contributed by atoms with Gasteiger partial charge in [-0.15, -0.1) is 0 Å². The lowest BCUT2D eigenvalue weighted by molar-refractivity contribution is -0.133. The van der Waals surface area contributed by atoms with Crippen LogP contribution in [0.3, 0.4) is 0 Å². The van der Waals surface area contributed by atoms with Gasteiger partial charge in [-0.2, -0.15) is 0 Å². The maximum Gasteiger partial charge on any atom is 0.241 e. The third kappa shape index (κ3) is 3.95. The molecule has 3 aromatic rings. The molecule has 1 saturated carbocycles. The molecule has 2 aromatic heterocycles. The number of benzene rings is 1. The molecule has 3 fully saturated rings. The molecule has 2 N–H and O–H groups in total. The molecule has 7 rings (SSSR count). The van der Waals surface area contributed by atoms with Gasteiger partial charge in [-0.1, -0.05) is 12.1 Å². The van der Waals surface area contributed by atoms with Crippen LogP contribution in [0.4, 0.5) is 5.69 Å². The van der Waals surface area contributed by atoms with E-state index in [9.17, 15) is 14.4 Å². The zero-order valence-corrected chi connectivity index (χ0v) is 22.2. The number of carbonyl (C=O) groups excluding carboxylic acids is 3. The summed E-state index contributed by atoms with van der Waals surface area (Å²) in [6.07, 6.45) is 5.56. The summed E-state index contributed by atoms with van der Waals surface area (Å²) < 4.78 is 8.62. The first-order chi connectivity index (χ1) is 18.8. The second-order valence-electron chi connectivity index (χ2n) is 11.5. The van der Waals surface area contributed by atoms with Crippen molar-refractivity contribution >= 4 is 34.4 Å². The fraction of sp³-hybridized carbons (Fsp3) is 0.483. The van der Waals surface area contributed by atoms with Gasteiger partial charge in [0.05, 0.1) is 23.0 Å². The van der Waals surface area contributed by atoms with Crippen LogP contribution in [-0.2, 0) is 19.8 Å². The molecule has 2 saturated heterocycles. The second-order valence-corrected chi connectivity index (χ2v) is 11.5. The lowest BCUT2D eigenvalue weighted by Gasteiger charge is -2.37. The van der Waals surface area contributed by atoms with Crippen molar-refractivity contribution in [2.24, 2.45) is 5.92 Å². The van der Waals surface area contributed by atoms with Gasteiger partial charge >= 0.3 is 0 Å². The summed E-state index contributed by atoms with van der Waals surface area (Å²) in [6.45, 7) is 5.32. The van der Waals surface area contributed by atoms with Crippen LogP contribution in [0.2, 0.25) is 0 Å². The molecule has 0 bridgehead atoms. The Morgan fingerprint density at radius 1 is 1.18 bits per heavy atom. The summed E-state index contributed by atoms with van der Waals surface area (Å²) in [5, 5.41) is 6.00. The van der Waals surface area contributed by atoms with Crippen molar-refractivity contribution in [3.63, 3.8) is 0 Å². The van der Waals surface area contributed by atoms with Crippen molar-refractivity contribution in [2.75, 3.05) is 25.0 Å². The molecule has 1 aliphatic carbocycles. The van der Waals surface area contributed by atoms with Crippen LogP contribution in [0.15, 0.2) is 30.6 Å². The van der Waals surface area contributed by atoms with Crippen LogP contribution in [0.5, 0.6) is 5.88 Å². The Morgan fingerprint density at radius 2 is 1.97 bits per heavy atom. The van der Waals surface area contributed by atoms with Gasteiger partial charge in [0.1, 0.15) is 11.6 Å². The number of nitrogens with one attached hydrogen (secondary N) is 2. The number of hydrogen-bond acceptors (Lipinski definition) is 6. The number of anilines is 1. The number of hydrogen-bond donors (Lipinski definition) is 2. The van der Waals surface area contributed by atoms with E-state index < -0.39 is 5.41 Å². The summed E-state index contributed by atoms with van der Waals surface area (Å²) in [5.41, 5.74) is 4.47. The van der Waals surface area contributed by atoms with Crippen molar-refractivity contribution in [1.29, 1.82) is 0 Å². The number of carbonyl (C=O) groups is 3. The highest BCUT2D eigenvalue weighted by Crippen LogP contribution is 2.46. The molecular formula is C29H32N6O4. The van der Waals surface area contributed by atoms with Crippen molar-refractivity contribution < 1.29 is 19.1 Å². The SMILES string of the molecule is CC(=O)N1CCC2(CC1)C(=O)Nc1cc(-c3cc4ncn(C5CC5)c4c(O[C@H](C)[C@H]4CNC(=O)C4)n3)ccc12. The normalized spacial score (nSPS) is 22.6. The number of imidazole rings is 1. The Kier molecular flexibility index (Phi) is 5.43. The fourth-order valence-electron chi connectivity index (χ4n) is 6.40. The van der Waals surface area contributed by atoms with Crippen LogP contribution >= 0.6 is 0 Å². The highest BCUT2D eigenvalue weighted by atomic mass is 16.5. The molecule has 0 radical (unpaired) electrons. The lowest BCUT2D eigenvalue weighted by Crippen LogP contribution is -2.47. The van der Waals surface area contributed by atoms with Crippen molar-refractivity contribution in [3.8, 4) is 17.1 Å². The van der Waals surface area contributed by atoms with Crippen molar-refractivity contribution in [2.45, 2.75) is 63.5 Å². The maximum absolute atomic E-state index is 13.2. The number of nitrogens with zero attached hydrogens (tertiary/aromatic N) is 4. The van der Waals surface area contributed by atoms with Crippen LogP contribution in [0.1, 0.15) is 57.6 Å². The zero-order chi connectivity index (χ0) is 26.9. The predicted octanol–water partition coefficient (Wildman–Crippen LogP) is 3.17. The van der Waals surface area contributed by atoms with E-state index in [4.69, 9.17) is 14.7 Å². The first-order valence-corrected chi connectivity index (χ1v) is 13.9. The van der Waals surface area contributed by atoms with Gasteiger partial charge in [-0.3, -0.25) is 14.4 Å². The van der Waals surface area contributed by atoms with Crippen LogP contribution < -0.4 is 15.4 Å². The van der Waals surface area contributed by atoms with Crippen molar-refractivity contribution in [3.05, 3.63) is 36.2 Å². The van der Waals surface area contributed by atoms with E-state index in [0.29, 0.717) is 50.8 Å². The quantitative estimate of drug-likeness (QED) is 0.525. The Hall–Kier alpha value is -3.95. The number of pyridine rings is 1. The summed E-state index contributed by atoms with van der Waals surface area (Å²) in [4.78, 5) is 48.3. The highest BCUT2D eigenvalue weighted by Gasteiger charge is 2.48. The van der Waals surface area contributed by atoms with Gasteiger partial charge in [0.25, 0.3) is 0 Å². The molecule has 10 nitrogen and oxygen atoms in total. The number of amides is 3. The molecule has 3 amide bonds. The Morgan fingerprint density at radius 3 is 2.67 bits per heavy atom. The monoisotopic (exact) mass is 528 g/mol. The third-order valence-electron chi connectivity index (χ3n) is 9.01. The summed E-state index contributed by atoms with van der Waals surface area (Å²) in [7, 11) is 0. The summed E-state index contributed by atoms with van der Waals surface area (Å²) in [6, 6.07) is 8.41. The first kappa shape index (κ1) is 24.1. The van der Waals surface area contributed by atoms with E-state index in [-0.39, 0.29) is 29.7 Å². The molecular weight excluding hydrogens is 496 g/mol. The Bertz CT molecular complexity index is 1520. The number of fused-ring (bicyclic) bond motifs is 3. The van der Waals surface area contributed by atoms with E-state index in [0.717, 1.165) is 46.4 Å². The molecule has 10 heteroatoms. The molecule has 5 heterocycles. The minimum absolute atomic E-state index is 0.00186. The second kappa shape index (κ2) is 8.79. The average molecular weight is 529 g/mol.